The lowest BCUT2D eigenvalue weighted by Gasteiger charge is -2.44. The van der Waals surface area contributed by atoms with Gasteiger partial charge in [0.25, 0.3) is 0 Å². The highest BCUT2D eigenvalue weighted by atomic mass is 35.5. The van der Waals surface area contributed by atoms with Crippen LogP contribution in [-0.2, 0) is 13.1 Å². The van der Waals surface area contributed by atoms with Crippen LogP contribution >= 0.6 is 23.2 Å². The maximum Gasteiger partial charge on any atom is 0.124 e. The summed E-state index contributed by atoms with van der Waals surface area (Å²) >= 11 is 13.0. The van der Waals surface area contributed by atoms with Crippen LogP contribution in [0.25, 0.3) is 0 Å². The van der Waals surface area contributed by atoms with Crippen LogP contribution in [-0.4, -0.2) is 29.5 Å². The Labute approximate surface area is 199 Å². The molecule has 4 rings (SSSR count). The predicted octanol–water partition coefficient (Wildman–Crippen LogP) is 6.94. The number of benzene rings is 3. The van der Waals surface area contributed by atoms with E-state index in [0.29, 0.717) is 18.2 Å². The second-order valence-corrected chi connectivity index (χ2v) is 8.82. The zero-order valence-electron chi connectivity index (χ0n) is 18.1. The molecule has 32 heavy (non-hydrogen) atoms. The summed E-state index contributed by atoms with van der Waals surface area (Å²) in [5.41, 5.74) is 3.19. The number of rotatable bonds is 7. The van der Waals surface area contributed by atoms with Gasteiger partial charge in [-0.2, -0.15) is 0 Å². The van der Waals surface area contributed by atoms with E-state index in [2.05, 4.69) is 28.0 Å². The second-order valence-electron chi connectivity index (χ2n) is 8.00. The maximum absolute atomic E-state index is 13.6. The van der Waals surface area contributed by atoms with Crippen molar-refractivity contribution in [3.05, 3.63) is 99.3 Å². The fraction of sp³-hybridized carbons (Fsp3) is 0.308. The molecule has 0 spiro atoms. The highest BCUT2D eigenvalue weighted by molar-refractivity contribution is 6.31. The van der Waals surface area contributed by atoms with Gasteiger partial charge in [0.15, 0.2) is 0 Å². The Morgan fingerprint density at radius 3 is 2.31 bits per heavy atom. The molecule has 0 aromatic heterocycles. The van der Waals surface area contributed by atoms with Crippen molar-refractivity contribution < 1.29 is 9.13 Å². The Hall–Kier alpha value is -2.11. The summed E-state index contributed by atoms with van der Waals surface area (Å²) < 4.78 is 19.2. The van der Waals surface area contributed by atoms with Gasteiger partial charge in [-0.15, -0.1) is 0 Å². The first-order valence-electron chi connectivity index (χ1n) is 10.9. The fourth-order valence-electron chi connectivity index (χ4n) is 4.32. The van der Waals surface area contributed by atoms with Gasteiger partial charge in [0.1, 0.15) is 11.6 Å². The standard InChI is InChI=1S/C26H27Cl2FN2O/c1-2-32-22-12-8-19(9-13-22)17-30-14-5-15-31(18-20-10-11-21(29)16-25(20)28)26(30)23-6-3-4-7-24(23)27/h3-4,6-13,16,26H,2,5,14-15,17-18H2,1H3/t26-/m0/s1. The summed E-state index contributed by atoms with van der Waals surface area (Å²) in [5, 5.41) is 1.19. The molecular weight excluding hydrogens is 446 g/mol. The van der Waals surface area contributed by atoms with Gasteiger partial charge in [0.2, 0.25) is 0 Å². The van der Waals surface area contributed by atoms with Gasteiger partial charge in [0.05, 0.1) is 12.8 Å². The van der Waals surface area contributed by atoms with Crippen LogP contribution < -0.4 is 4.74 Å². The molecule has 0 saturated carbocycles. The Morgan fingerprint density at radius 2 is 1.62 bits per heavy atom. The van der Waals surface area contributed by atoms with E-state index < -0.39 is 0 Å². The zero-order valence-corrected chi connectivity index (χ0v) is 19.6. The van der Waals surface area contributed by atoms with Crippen LogP contribution in [0, 0.1) is 5.82 Å². The van der Waals surface area contributed by atoms with Crippen LogP contribution in [0.15, 0.2) is 66.7 Å². The molecule has 1 atom stereocenters. The van der Waals surface area contributed by atoms with E-state index in [4.69, 9.17) is 27.9 Å². The van der Waals surface area contributed by atoms with Crippen molar-refractivity contribution >= 4 is 23.2 Å². The molecule has 0 bridgehead atoms. The lowest BCUT2D eigenvalue weighted by atomic mass is 10.0. The first-order valence-corrected chi connectivity index (χ1v) is 11.7. The maximum atomic E-state index is 13.6. The lowest BCUT2D eigenvalue weighted by molar-refractivity contribution is -0.00902. The Kier molecular flexibility index (Phi) is 7.69. The van der Waals surface area contributed by atoms with Crippen molar-refractivity contribution in [2.45, 2.75) is 32.6 Å². The number of hydrogen-bond donors (Lipinski definition) is 0. The molecule has 1 fully saturated rings. The van der Waals surface area contributed by atoms with Gasteiger partial charge < -0.3 is 4.74 Å². The summed E-state index contributed by atoms with van der Waals surface area (Å²) in [6.07, 6.45) is 1.02. The lowest BCUT2D eigenvalue weighted by Crippen LogP contribution is -2.47. The third kappa shape index (κ3) is 5.44. The molecule has 1 saturated heterocycles. The van der Waals surface area contributed by atoms with Gasteiger partial charge in [-0.3, -0.25) is 9.80 Å². The van der Waals surface area contributed by atoms with Gasteiger partial charge in [-0.25, -0.2) is 4.39 Å². The van der Waals surface area contributed by atoms with E-state index >= 15 is 0 Å². The molecule has 0 unspecified atom stereocenters. The fourth-order valence-corrected chi connectivity index (χ4v) is 4.78. The minimum Gasteiger partial charge on any atom is -0.494 e. The summed E-state index contributed by atoms with van der Waals surface area (Å²) in [7, 11) is 0. The molecule has 1 heterocycles. The van der Waals surface area contributed by atoms with Crippen LogP contribution in [0.1, 0.15) is 36.2 Å². The van der Waals surface area contributed by atoms with Crippen LogP contribution in [0.5, 0.6) is 5.75 Å². The van der Waals surface area contributed by atoms with E-state index in [-0.39, 0.29) is 12.0 Å². The molecule has 0 N–H and O–H groups in total. The Balaban J connectivity index is 1.63. The number of nitrogens with zero attached hydrogens (tertiary/aromatic N) is 2. The van der Waals surface area contributed by atoms with Crippen molar-refractivity contribution in [1.29, 1.82) is 0 Å². The van der Waals surface area contributed by atoms with Gasteiger partial charge in [0, 0.05) is 41.8 Å². The van der Waals surface area contributed by atoms with Crippen molar-refractivity contribution in [1.82, 2.24) is 9.80 Å². The van der Waals surface area contributed by atoms with E-state index in [1.807, 2.05) is 37.3 Å². The van der Waals surface area contributed by atoms with Crippen molar-refractivity contribution in [3.8, 4) is 5.75 Å². The largest absolute Gasteiger partial charge is 0.494 e. The third-order valence-corrected chi connectivity index (χ3v) is 6.47. The first kappa shape index (κ1) is 23.1. The van der Waals surface area contributed by atoms with Crippen LogP contribution in [0.3, 0.4) is 0 Å². The van der Waals surface area contributed by atoms with Gasteiger partial charge >= 0.3 is 0 Å². The molecule has 1 aliphatic rings. The quantitative estimate of drug-likeness (QED) is 0.370. The van der Waals surface area contributed by atoms with E-state index in [1.54, 1.807) is 6.07 Å². The first-order chi connectivity index (χ1) is 15.5. The van der Waals surface area contributed by atoms with Crippen LogP contribution in [0.4, 0.5) is 4.39 Å². The summed E-state index contributed by atoms with van der Waals surface area (Å²) in [6.45, 7) is 5.91. The van der Waals surface area contributed by atoms with Crippen molar-refractivity contribution in [3.63, 3.8) is 0 Å². The molecular formula is C26H27Cl2FN2O. The highest BCUT2D eigenvalue weighted by Gasteiger charge is 2.32. The predicted molar refractivity (Wildman–Crippen MR) is 129 cm³/mol. The molecule has 1 aliphatic heterocycles. The minimum absolute atomic E-state index is 0.00913. The molecule has 0 aliphatic carbocycles. The zero-order chi connectivity index (χ0) is 22.5. The van der Waals surface area contributed by atoms with Gasteiger partial charge in [-0.05, 0) is 54.8 Å². The normalized spacial score (nSPS) is 17.4. The smallest absolute Gasteiger partial charge is 0.124 e. The third-order valence-electron chi connectivity index (χ3n) is 5.77. The monoisotopic (exact) mass is 472 g/mol. The van der Waals surface area contributed by atoms with E-state index in [0.717, 1.165) is 48.0 Å². The van der Waals surface area contributed by atoms with E-state index in [9.17, 15) is 4.39 Å². The number of halogens is 3. The second kappa shape index (κ2) is 10.7. The molecule has 0 radical (unpaired) electrons. The molecule has 6 heteroatoms. The SMILES string of the molecule is CCOc1ccc(CN2CCCN(Cc3ccc(F)cc3Cl)[C@H]2c2ccccc2Cl)cc1. The van der Waals surface area contributed by atoms with Crippen molar-refractivity contribution in [2.24, 2.45) is 0 Å². The molecule has 3 aromatic carbocycles. The molecule has 0 amide bonds. The average Bonchev–Trinajstić information content (AvgIpc) is 2.78. The van der Waals surface area contributed by atoms with Crippen LogP contribution in [0.2, 0.25) is 10.0 Å². The Morgan fingerprint density at radius 1 is 0.906 bits per heavy atom. The molecule has 3 nitrogen and oxygen atoms in total. The minimum atomic E-state index is -0.322. The summed E-state index contributed by atoms with van der Waals surface area (Å²) in [4.78, 5) is 4.82. The van der Waals surface area contributed by atoms with E-state index in [1.165, 1.54) is 17.7 Å². The Bertz CT molecular complexity index is 1040. The number of hydrogen-bond acceptors (Lipinski definition) is 3. The van der Waals surface area contributed by atoms with Gasteiger partial charge in [-0.1, -0.05) is 59.6 Å². The molecule has 3 aromatic rings. The average molecular weight is 473 g/mol. The van der Waals surface area contributed by atoms with Crippen molar-refractivity contribution in [2.75, 3.05) is 19.7 Å². The molecule has 168 valence electrons. The number of ether oxygens (including phenoxy) is 1. The summed E-state index contributed by atoms with van der Waals surface area (Å²) in [5.74, 6) is 0.558. The summed E-state index contributed by atoms with van der Waals surface area (Å²) in [6, 6.07) is 20.9. The highest BCUT2D eigenvalue weighted by Crippen LogP contribution is 2.36. The topological polar surface area (TPSA) is 15.7 Å².